The maximum absolute atomic E-state index is 5.89. The molecule has 0 amide bonds. The monoisotopic (exact) mass is 277 g/mol. The van der Waals surface area contributed by atoms with Crippen LogP contribution in [0.5, 0.6) is 0 Å². The minimum atomic E-state index is 0.541. The second-order valence-electron chi connectivity index (χ2n) is 3.83. The lowest BCUT2D eigenvalue weighted by molar-refractivity contribution is 0.501. The topological polar surface area (TPSA) is 64.9 Å². The van der Waals surface area contributed by atoms with Gasteiger partial charge in [0.2, 0.25) is 0 Å². The molecule has 4 nitrogen and oxygen atoms in total. The van der Waals surface area contributed by atoms with Crippen LogP contribution in [0.15, 0.2) is 33.2 Å². The number of hydrogen-bond donors (Lipinski definition) is 1. The number of nitrogens with zero attached hydrogens (tertiary/aromatic N) is 2. The van der Waals surface area contributed by atoms with Gasteiger partial charge in [0.15, 0.2) is 5.16 Å². The molecule has 3 rings (SSSR count). The molecule has 0 saturated carbocycles. The highest BCUT2D eigenvalue weighted by Crippen LogP contribution is 2.27. The molecule has 0 spiro atoms. The Morgan fingerprint density at radius 3 is 3.00 bits per heavy atom. The number of rotatable bonds is 3. The molecule has 0 saturated heterocycles. The van der Waals surface area contributed by atoms with Crippen molar-refractivity contribution in [3.8, 4) is 0 Å². The predicted octanol–water partition coefficient (Wildman–Crippen LogP) is 3.47. The van der Waals surface area contributed by atoms with Gasteiger partial charge in [0.1, 0.15) is 22.2 Å². The number of hydrogen-bond acceptors (Lipinski definition) is 6. The summed E-state index contributed by atoms with van der Waals surface area (Å²) in [6.45, 7) is 1.93. The van der Waals surface area contributed by atoms with Gasteiger partial charge in [0.05, 0.1) is 11.1 Å². The van der Waals surface area contributed by atoms with Gasteiger partial charge in [0, 0.05) is 0 Å². The van der Waals surface area contributed by atoms with E-state index in [1.165, 1.54) is 11.8 Å². The highest BCUT2D eigenvalue weighted by molar-refractivity contribution is 7.98. The lowest BCUT2D eigenvalue weighted by Gasteiger charge is -2.00. The SMILES string of the molecule is Cc1ccc(CSc2nc(N)c3ccsc3n2)o1. The molecule has 0 aliphatic heterocycles. The van der Waals surface area contributed by atoms with Crippen LogP contribution in [0.2, 0.25) is 0 Å². The summed E-state index contributed by atoms with van der Waals surface area (Å²) >= 11 is 3.10. The van der Waals surface area contributed by atoms with Gasteiger partial charge in [-0.3, -0.25) is 0 Å². The maximum Gasteiger partial charge on any atom is 0.191 e. The first-order valence-electron chi connectivity index (χ1n) is 5.41. The van der Waals surface area contributed by atoms with Crippen molar-refractivity contribution in [1.29, 1.82) is 0 Å². The van der Waals surface area contributed by atoms with Crippen LogP contribution in [0.25, 0.3) is 10.2 Å². The fourth-order valence-corrected chi connectivity index (χ4v) is 3.20. The van der Waals surface area contributed by atoms with E-state index >= 15 is 0 Å². The van der Waals surface area contributed by atoms with Crippen LogP contribution in [0.3, 0.4) is 0 Å². The Labute approximate surface area is 112 Å². The lowest BCUT2D eigenvalue weighted by atomic mass is 10.4. The summed E-state index contributed by atoms with van der Waals surface area (Å²) in [6, 6.07) is 5.86. The van der Waals surface area contributed by atoms with E-state index in [2.05, 4.69) is 9.97 Å². The predicted molar refractivity (Wildman–Crippen MR) is 74.8 cm³/mol. The fourth-order valence-electron chi connectivity index (χ4n) is 1.62. The van der Waals surface area contributed by atoms with Crippen molar-refractivity contribution in [2.24, 2.45) is 0 Å². The number of anilines is 1. The summed E-state index contributed by atoms with van der Waals surface area (Å²) in [5, 5.41) is 3.59. The van der Waals surface area contributed by atoms with E-state index in [0.717, 1.165) is 21.7 Å². The number of nitrogens with two attached hydrogens (primary N) is 1. The van der Waals surface area contributed by atoms with Gasteiger partial charge in [-0.2, -0.15) is 0 Å². The molecule has 0 atom stereocenters. The van der Waals surface area contributed by atoms with Gasteiger partial charge in [-0.1, -0.05) is 11.8 Å². The Balaban J connectivity index is 1.82. The van der Waals surface area contributed by atoms with E-state index in [-0.39, 0.29) is 0 Å². The molecule has 6 heteroatoms. The normalized spacial score (nSPS) is 11.2. The van der Waals surface area contributed by atoms with Crippen LogP contribution in [-0.4, -0.2) is 9.97 Å². The average Bonchev–Trinajstić information content (AvgIpc) is 2.95. The lowest BCUT2D eigenvalue weighted by Crippen LogP contribution is -1.95. The standard InChI is InChI=1S/C12H11N3OS2/c1-7-2-3-8(16-7)6-18-12-14-10(13)9-4-5-17-11(9)15-12/h2-5H,6H2,1H3,(H2,13,14,15). The Hall–Kier alpha value is -1.53. The molecule has 0 fully saturated rings. The number of fused-ring (bicyclic) bond motifs is 1. The molecule has 92 valence electrons. The van der Waals surface area contributed by atoms with Crippen molar-refractivity contribution >= 4 is 39.1 Å². The molecule has 3 aromatic heterocycles. The molecule has 3 aromatic rings. The first-order valence-corrected chi connectivity index (χ1v) is 7.28. The third-order valence-electron chi connectivity index (χ3n) is 2.47. The Kier molecular flexibility index (Phi) is 2.97. The van der Waals surface area contributed by atoms with Crippen molar-refractivity contribution in [2.45, 2.75) is 17.8 Å². The fraction of sp³-hybridized carbons (Fsp3) is 0.167. The van der Waals surface area contributed by atoms with Gasteiger partial charge in [-0.05, 0) is 30.5 Å². The second-order valence-corrected chi connectivity index (χ2v) is 5.67. The number of nitrogen functional groups attached to an aromatic ring is 1. The van der Waals surface area contributed by atoms with E-state index in [9.17, 15) is 0 Å². The van der Waals surface area contributed by atoms with E-state index in [1.807, 2.05) is 30.5 Å². The maximum atomic E-state index is 5.89. The zero-order valence-electron chi connectivity index (χ0n) is 9.71. The Morgan fingerprint density at radius 1 is 1.33 bits per heavy atom. The van der Waals surface area contributed by atoms with Gasteiger partial charge in [-0.25, -0.2) is 9.97 Å². The zero-order valence-corrected chi connectivity index (χ0v) is 11.3. The molecular formula is C12H11N3OS2. The third kappa shape index (κ3) is 2.21. The highest BCUT2D eigenvalue weighted by atomic mass is 32.2. The van der Waals surface area contributed by atoms with Crippen molar-refractivity contribution in [3.05, 3.63) is 35.1 Å². The van der Waals surface area contributed by atoms with Crippen molar-refractivity contribution < 1.29 is 4.42 Å². The first kappa shape index (κ1) is 11.6. The van der Waals surface area contributed by atoms with Crippen LogP contribution < -0.4 is 5.73 Å². The van der Waals surface area contributed by atoms with Gasteiger partial charge in [-0.15, -0.1) is 11.3 Å². The molecule has 0 aliphatic rings. The number of thiophene rings is 1. The minimum absolute atomic E-state index is 0.541. The van der Waals surface area contributed by atoms with Crippen molar-refractivity contribution in [2.75, 3.05) is 5.73 Å². The molecule has 0 aliphatic carbocycles. The number of aromatic nitrogens is 2. The van der Waals surface area contributed by atoms with E-state index in [1.54, 1.807) is 11.3 Å². The van der Waals surface area contributed by atoms with Crippen LogP contribution in [0.4, 0.5) is 5.82 Å². The van der Waals surface area contributed by atoms with Crippen molar-refractivity contribution in [1.82, 2.24) is 9.97 Å². The van der Waals surface area contributed by atoms with Gasteiger partial charge >= 0.3 is 0 Å². The number of furan rings is 1. The second kappa shape index (κ2) is 4.62. The highest BCUT2D eigenvalue weighted by Gasteiger charge is 2.08. The Bertz CT molecular complexity index is 690. The van der Waals surface area contributed by atoms with E-state index in [4.69, 9.17) is 10.2 Å². The molecule has 0 radical (unpaired) electrons. The third-order valence-corrected chi connectivity index (χ3v) is 4.15. The van der Waals surface area contributed by atoms with Crippen LogP contribution in [0.1, 0.15) is 11.5 Å². The summed E-state index contributed by atoms with van der Waals surface area (Å²) in [5.74, 6) is 3.09. The summed E-state index contributed by atoms with van der Waals surface area (Å²) in [7, 11) is 0. The summed E-state index contributed by atoms with van der Waals surface area (Å²) in [6.07, 6.45) is 0. The van der Waals surface area contributed by atoms with Gasteiger partial charge in [0.25, 0.3) is 0 Å². The van der Waals surface area contributed by atoms with Gasteiger partial charge < -0.3 is 10.2 Å². The quantitative estimate of drug-likeness (QED) is 0.586. The number of thioether (sulfide) groups is 1. The van der Waals surface area contributed by atoms with Crippen LogP contribution >= 0.6 is 23.1 Å². The largest absolute Gasteiger partial charge is 0.465 e. The van der Waals surface area contributed by atoms with Crippen LogP contribution in [-0.2, 0) is 5.75 Å². The molecule has 0 aromatic carbocycles. The molecule has 0 unspecified atom stereocenters. The average molecular weight is 277 g/mol. The van der Waals surface area contributed by atoms with E-state index in [0.29, 0.717) is 16.7 Å². The molecule has 18 heavy (non-hydrogen) atoms. The number of aryl methyl sites for hydroxylation is 1. The van der Waals surface area contributed by atoms with Crippen molar-refractivity contribution in [3.63, 3.8) is 0 Å². The molecular weight excluding hydrogens is 266 g/mol. The molecule has 3 heterocycles. The zero-order chi connectivity index (χ0) is 12.5. The summed E-state index contributed by atoms with van der Waals surface area (Å²) < 4.78 is 5.50. The Morgan fingerprint density at radius 2 is 2.22 bits per heavy atom. The summed E-state index contributed by atoms with van der Waals surface area (Å²) in [5.41, 5.74) is 5.89. The molecule has 0 bridgehead atoms. The molecule has 2 N–H and O–H groups in total. The van der Waals surface area contributed by atoms with E-state index < -0.39 is 0 Å². The summed E-state index contributed by atoms with van der Waals surface area (Å²) in [4.78, 5) is 9.69. The first-order chi connectivity index (χ1) is 8.72. The van der Waals surface area contributed by atoms with Crippen LogP contribution in [0, 0.1) is 6.92 Å². The minimum Gasteiger partial charge on any atom is -0.465 e. The smallest absolute Gasteiger partial charge is 0.191 e.